The van der Waals surface area contributed by atoms with E-state index in [1.165, 1.54) is 30.4 Å². The van der Waals surface area contributed by atoms with Gasteiger partial charge in [0.1, 0.15) is 0 Å². The Labute approximate surface area is 107 Å². The highest BCUT2D eigenvalue weighted by atomic mass is 14.8. The second kappa shape index (κ2) is 7.50. The molecule has 1 rings (SSSR count). The van der Waals surface area contributed by atoms with Crippen molar-refractivity contribution < 1.29 is 0 Å². The summed E-state index contributed by atoms with van der Waals surface area (Å²) in [5, 5.41) is 3.28. The zero-order valence-electron chi connectivity index (χ0n) is 11.8. The summed E-state index contributed by atoms with van der Waals surface area (Å²) in [4.78, 5) is 0. The summed E-state index contributed by atoms with van der Waals surface area (Å²) >= 11 is 0. The molecule has 0 heterocycles. The van der Waals surface area contributed by atoms with Crippen molar-refractivity contribution in [1.29, 1.82) is 0 Å². The van der Waals surface area contributed by atoms with E-state index in [2.05, 4.69) is 50.4 Å². The van der Waals surface area contributed by atoms with Crippen molar-refractivity contribution in [3.8, 4) is 0 Å². The average molecular weight is 233 g/mol. The SMILES string of the molecule is CCC(CNC)Cc1ccc(C(C)CC)cc1. The van der Waals surface area contributed by atoms with Gasteiger partial charge in [-0.05, 0) is 49.4 Å². The van der Waals surface area contributed by atoms with E-state index in [-0.39, 0.29) is 0 Å². The summed E-state index contributed by atoms with van der Waals surface area (Å²) in [6.07, 6.45) is 3.66. The van der Waals surface area contributed by atoms with Gasteiger partial charge in [0.2, 0.25) is 0 Å². The highest BCUT2D eigenvalue weighted by Gasteiger charge is 2.07. The lowest BCUT2D eigenvalue weighted by atomic mass is 9.93. The number of benzene rings is 1. The third-order valence-electron chi connectivity index (χ3n) is 3.76. The minimum atomic E-state index is 0.684. The fourth-order valence-electron chi connectivity index (χ4n) is 2.20. The maximum Gasteiger partial charge on any atom is -0.00204 e. The Morgan fingerprint density at radius 3 is 2.18 bits per heavy atom. The minimum Gasteiger partial charge on any atom is -0.319 e. The van der Waals surface area contributed by atoms with Crippen LogP contribution < -0.4 is 5.32 Å². The molecule has 2 unspecified atom stereocenters. The Kier molecular flexibility index (Phi) is 6.28. The smallest absolute Gasteiger partial charge is 0.00204 e. The van der Waals surface area contributed by atoms with Gasteiger partial charge in [-0.2, -0.15) is 0 Å². The highest BCUT2D eigenvalue weighted by molar-refractivity contribution is 5.25. The topological polar surface area (TPSA) is 12.0 Å². The second-order valence-corrected chi connectivity index (χ2v) is 5.09. The van der Waals surface area contributed by atoms with Crippen LogP contribution in [0, 0.1) is 5.92 Å². The van der Waals surface area contributed by atoms with Crippen molar-refractivity contribution >= 4 is 0 Å². The molecule has 1 aromatic carbocycles. The van der Waals surface area contributed by atoms with Crippen LogP contribution in [0.1, 0.15) is 50.7 Å². The van der Waals surface area contributed by atoms with Gasteiger partial charge in [0.05, 0.1) is 0 Å². The summed E-state index contributed by atoms with van der Waals surface area (Å²) in [6.45, 7) is 7.93. The number of hydrogen-bond donors (Lipinski definition) is 1. The van der Waals surface area contributed by atoms with E-state index < -0.39 is 0 Å². The van der Waals surface area contributed by atoms with E-state index >= 15 is 0 Å². The van der Waals surface area contributed by atoms with Crippen LogP contribution in [0.5, 0.6) is 0 Å². The first-order valence-electron chi connectivity index (χ1n) is 6.94. The van der Waals surface area contributed by atoms with Crippen molar-refractivity contribution in [2.45, 2.75) is 46.0 Å². The Hall–Kier alpha value is -0.820. The quantitative estimate of drug-likeness (QED) is 0.751. The summed E-state index contributed by atoms with van der Waals surface area (Å²) in [7, 11) is 2.04. The van der Waals surface area contributed by atoms with Crippen molar-refractivity contribution in [2.75, 3.05) is 13.6 Å². The largest absolute Gasteiger partial charge is 0.319 e. The molecule has 0 amide bonds. The lowest BCUT2D eigenvalue weighted by Crippen LogP contribution is -2.20. The normalized spacial score (nSPS) is 14.6. The highest BCUT2D eigenvalue weighted by Crippen LogP contribution is 2.20. The van der Waals surface area contributed by atoms with E-state index in [1.807, 2.05) is 7.05 Å². The van der Waals surface area contributed by atoms with E-state index in [0.717, 1.165) is 12.5 Å². The first kappa shape index (κ1) is 14.2. The third-order valence-corrected chi connectivity index (χ3v) is 3.76. The molecule has 2 atom stereocenters. The van der Waals surface area contributed by atoms with Crippen LogP contribution in [-0.4, -0.2) is 13.6 Å². The summed E-state index contributed by atoms with van der Waals surface area (Å²) in [5.41, 5.74) is 2.94. The van der Waals surface area contributed by atoms with Gasteiger partial charge in [-0.3, -0.25) is 0 Å². The van der Waals surface area contributed by atoms with Gasteiger partial charge in [0.15, 0.2) is 0 Å². The molecule has 0 fully saturated rings. The van der Waals surface area contributed by atoms with Crippen LogP contribution in [-0.2, 0) is 6.42 Å². The molecule has 1 nitrogen and oxygen atoms in total. The van der Waals surface area contributed by atoms with E-state index in [4.69, 9.17) is 0 Å². The molecule has 0 spiro atoms. The number of nitrogens with one attached hydrogen (secondary N) is 1. The molecule has 0 aliphatic carbocycles. The lowest BCUT2D eigenvalue weighted by Gasteiger charge is -2.15. The van der Waals surface area contributed by atoms with Crippen molar-refractivity contribution in [3.05, 3.63) is 35.4 Å². The van der Waals surface area contributed by atoms with Crippen LogP contribution >= 0.6 is 0 Å². The van der Waals surface area contributed by atoms with Gasteiger partial charge in [-0.15, -0.1) is 0 Å². The summed E-state index contributed by atoms with van der Waals surface area (Å²) in [5.74, 6) is 1.44. The zero-order valence-corrected chi connectivity index (χ0v) is 11.8. The van der Waals surface area contributed by atoms with Gasteiger partial charge in [0.25, 0.3) is 0 Å². The van der Waals surface area contributed by atoms with Gasteiger partial charge in [-0.25, -0.2) is 0 Å². The standard InChI is InChI=1S/C16H27N/c1-5-13(3)16-9-7-15(8-10-16)11-14(6-2)12-17-4/h7-10,13-14,17H,5-6,11-12H2,1-4H3. The van der Waals surface area contributed by atoms with E-state index in [1.54, 1.807) is 0 Å². The molecule has 0 saturated carbocycles. The maximum atomic E-state index is 3.28. The molecule has 1 N–H and O–H groups in total. The average Bonchev–Trinajstić information content (AvgIpc) is 2.38. The Bertz CT molecular complexity index is 302. The van der Waals surface area contributed by atoms with Crippen molar-refractivity contribution in [1.82, 2.24) is 5.32 Å². The molecule has 0 saturated heterocycles. The van der Waals surface area contributed by atoms with Crippen LogP contribution in [0.4, 0.5) is 0 Å². The monoisotopic (exact) mass is 233 g/mol. The van der Waals surface area contributed by atoms with E-state index in [0.29, 0.717) is 5.92 Å². The van der Waals surface area contributed by atoms with E-state index in [9.17, 15) is 0 Å². The second-order valence-electron chi connectivity index (χ2n) is 5.09. The van der Waals surface area contributed by atoms with Crippen LogP contribution in [0.25, 0.3) is 0 Å². The van der Waals surface area contributed by atoms with Gasteiger partial charge < -0.3 is 5.32 Å². The van der Waals surface area contributed by atoms with Crippen LogP contribution in [0.15, 0.2) is 24.3 Å². The van der Waals surface area contributed by atoms with Gasteiger partial charge in [0, 0.05) is 0 Å². The predicted molar refractivity (Wildman–Crippen MR) is 76.6 cm³/mol. The molecule has 0 radical (unpaired) electrons. The lowest BCUT2D eigenvalue weighted by molar-refractivity contribution is 0.481. The molecular weight excluding hydrogens is 206 g/mol. The number of rotatable bonds is 7. The molecule has 96 valence electrons. The first-order valence-corrected chi connectivity index (χ1v) is 6.94. The summed E-state index contributed by atoms with van der Waals surface area (Å²) in [6, 6.07) is 9.21. The fourth-order valence-corrected chi connectivity index (χ4v) is 2.20. The Morgan fingerprint density at radius 2 is 1.71 bits per heavy atom. The third kappa shape index (κ3) is 4.51. The molecule has 0 aliphatic heterocycles. The molecule has 0 aliphatic rings. The molecule has 17 heavy (non-hydrogen) atoms. The molecule has 1 aromatic rings. The summed E-state index contributed by atoms with van der Waals surface area (Å²) < 4.78 is 0. The Balaban J connectivity index is 2.61. The molecule has 0 bridgehead atoms. The Morgan fingerprint density at radius 1 is 1.06 bits per heavy atom. The molecule has 1 heteroatoms. The van der Waals surface area contributed by atoms with Crippen LogP contribution in [0.2, 0.25) is 0 Å². The predicted octanol–water partition coefficient (Wildman–Crippen LogP) is 3.99. The van der Waals surface area contributed by atoms with Crippen LogP contribution in [0.3, 0.4) is 0 Å². The van der Waals surface area contributed by atoms with Crippen molar-refractivity contribution in [3.63, 3.8) is 0 Å². The maximum absolute atomic E-state index is 3.28. The number of hydrogen-bond acceptors (Lipinski definition) is 1. The molecular formula is C16H27N. The van der Waals surface area contributed by atoms with Gasteiger partial charge in [-0.1, -0.05) is 51.5 Å². The van der Waals surface area contributed by atoms with Gasteiger partial charge >= 0.3 is 0 Å². The first-order chi connectivity index (χ1) is 8.21. The van der Waals surface area contributed by atoms with Crippen molar-refractivity contribution in [2.24, 2.45) is 5.92 Å². The fraction of sp³-hybridized carbons (Fsp3) is 0.625. The molecule has 0 aromatic heterocycles. The zero-order chi connectivity index (χ0) is 12.7. The minimum absolute atomic E-state index is 0.684.